The minimum Gasteiger partial charge on any atom is -0.480 e. The predicted molar refractivity (Wildman–Crippen MR) is 81.9 cm³/mol. The van der Waals surface area contributed by atoms with Gasteiger partial charge in [-0.15, -0.1) is 11.8 Å². The molecule has 2 fully saturated rings. The summed E-state index contributed by atoms with van der Waals surface area (Å²) < 4.78 is 4.28. The Kier molecular flexibility index (Phi) is 4.51. The molecule has 0 aromatic carbocycles. The number of amides is 1. The average molecular weight is 328 g/mol. The van der Waals surface area contributed by atoms with Gasteiger partial charge in [0.25, 0.3) is 5.91 Å². The zero-order chi connectivity index (χ0) is 16.7. The third kappa shape index (κ3) is 2.84. The number of aliphatic imine (C=N–C) groups is 1. The fourth-order valence-electron chi connectivity index (χ4n) is 2.82. The predicted octanol–water partition coefficient (Wildman–Crippen LogP) is 0.916. The van der Waals surface area contributed by atoms with Crippen LogP contribution in [0.4, 0.5) is 0 Å². The normalized spacial score (nSPS) is 29.8. The van der Waals surface area contributed by atoms with E-state index in [4.69, 9.17) is 4.74 Å². The monoisotopic (exact) mass is 328 g/mol. The standard InChI is InChI=1S/C14H20N2O5S/c1-5-21-8(17)6-7(2)15-9-11(18)16-10(13(19)20)14(3,4)22-12(9)16/h9-10,12H,5-6H2,1-4H3,(H,19,20)/t9-,10+,12-/m1/s1. The number of carboxylic acid groups (broad SMARTS) is 1. The number of esters is 1. The van der Waals surface area contributed by atoms with Crippen LogP contribution in [0, 0.1) is 0 Å². The van der Waals surface area contributed by atoms with E-state index in [1.54, 1.807) is 13.8 Å². The zero-order valence-corrected chi connectivity index (χ0v) is 13.8. The highest BCUT2D eigenvalue weighted by Crippen LogP contribution is 2.51. The minimum atomic E-state index is -1.00. The number of carbonyl (C=O) groups is 3. The third-order valence-electron chi connectivity index (χ3n) is 3.71. The second-order valence-corrected chi connectivity index (χ2v) is 7.66. The number of hydrogen-bond acceptors (Lipinski definition) is 6. The van der Waals surface area contributed by atoms with Crippen LogP contribution in [0.5, 0.6) is 0 Å². The van der Waals surface area contributed by atoms with Gasteiger partial charge in [-0.3, -0.25) is 14.6 Å². The molecule has 3 atom stereocenters. The van der Waals surface area contributed by atoms with Gasteiger partial charge in [-0.2, -0.15) is 0 Å². The number of β-lactam (4-membered cyclic amide) rings is 1. The molecule has 0 aromatic heterocycles. The lowest BCUT2D eigenvalue weighted by molar-refractivity contribution is -0.158. The first-order valence-corrected chi connectivity index (χ1v) is 7.98. The number of thioether (sulfide) groups is 1. The van der Waals surface area contributed by atoms with Crippen molar-refractivity contribution in [3.63, 3.8) is 0 Å². The summed E-state index contributed by atoms with van der Waals surface area (Å²) in [6.45, 7) is 7.32. The van der Waals surface area contributed by atoms with E-state index in [0.29, 0.717) is 12.3 Å². The number of carbonyl (C=O) groups excluding carboxylic acids is 2. The van der Waals surface area contributed by atoms with E-state index < -0.39 is 22.8 Å². The van der Waals surface area contributed by atoms with Crippen molar-refractivity contribution in [3.8, 4) is 0 Å². The molecule has 1 amide bonds. The van der Waals surface area contributed by atoms with Crippen molar-refractivity contribution < 1.29 is 24.2 Å². The van der Waals surface area contributed by atoms with E-state index >= 15 is 0 Å². The van der Waals surface area contributed by atoms with Crippen molar-refractivity contribution in [1.82, 2.24) is 4.90 Å². The summed E-state index contributed by atoms with van der Waals surface area (Å²) in [7, 11) is 0. The van der Waals surface area contributed by atoms with Gasteiger partial charge in [0.2, 0.25) is 0 Å². The average Bonchev–Trinajstić information content (AvgIpc) is 2.65. The van der Waals surface area contributed by atoms with Gasteiger partial charge in [0, 0.05) is 10.5 Å². The van der Waals surface area contributed by atoms with E-state index in [9.17, 15) is 19.5 Å². The van der Waals surface area contributed by atoms with E-state index in [0.717, 1.165) is 0 Å². The lowest BCUT2D eigenvalue weighted by Crippen LogP contribution is -2.65. The molecule has 8 heteroatoms. The van der Waals surface area contributed by atoms with Crippen molar-refractivity contribution in [2.24, 2.45) is 4.99 Å². The van der Waals surface area contributed by atoms with Crippen LogP contribution in [-0.4, -0.2) is 62.4 Å². The molecule has 7 nitrogen and oxygen atoms in total. The van der Waals surface area contributed by atoms with Crippen molar-refractivity contribution in [2.45, 2.75) is 56.3 Å². The highest BCUT2D eigenvalue weighted by atomic mass is 32.2. The van der Waals surface area contributed by atoms with E-state index in [1.165, 1.54) is 16.7 Å². The number of nitrogens with zero attached hydrogens (tertiary/aromatic N) is 2. The van der Waals surface area contributed by atoms with Crippen molar-refractivity contribution in [3.05, 3.63) is 0 Å². The Hall–Kier alpha value is -1.57. The molecule has 1 N–H and O–H groups in total. The van der Waals surface area contributed by atoms with Gasteiger partial charge < -0.3 is 14.7 Å². The van der Waals surface area contributed by atoms with Gasteiger partial charge in [0.1, 0.15) is 11.4 Å². The van der Waals surface area contributed by atoms with Gasteiger partial charge >= 0.3 is 11.9 Å². The molecule has 2 aliphatic rings. The number of ether oxygens (including phenoxy) is 1. The fraction of sp³-hybridized carbons (Fsp3) is 0.714. The summed E-state index contributed by atoms with van der Waals surface area (Å²) in [6.07, 6.45) is 0.0424. The molecule has 122 valence electrons. The summed E-state index contributed by atoms with van der Waals surface area (Å²) in [6, 6.07) is -1.45. The summed E-state index contributed by atoms with van der Waals surface area (Å²) in [5, 5.41) is 9.05. The molecule has 0 radical (unpaired) electrons. The Morgan fingerprint density at radius 3 is 2.64 bits per heavy atom. The van der Waals surface area contributed by atoms with Gasteiger partial charge in [-0.1, -0.05) is 0 Å². The van der Waals surface area contributed by atoms with E-state index in [-0.39, 0.29) is 23.7 Å². The van der Waals surface area contributed by atoms with Gasteiger partial charge in [-0.25, -0.2) is 4.79 Å². The van der Waals surface area contributed by atoms with Crippen LogP contribution < -0.4 is 0 Å². The summed E-state index contributed by atoms with van der Waals surface area (Å²) in [4.78, 5) is 40.7. The number of aliphatic carboxylic acids is 1. The maximum atomic E-state index is 12.2. The fourth-order valence-corrected chi connectivity index (χ4v) is 4.43. The zero-order valence-electron chi connectivity index (χ0n) is 13.0. The van der Waals surface area contributed by atoms with E-state index in [1.807, 2.05) is 13.8 Å². The molecule has 22 heavy (non-hydrogen) atoms. The lowest BCUT2D eigenvalue weighted by atomic mass is 9.96. The molecule has 0 bridgehead atoms. The number of fused-ring (bicyclic) bond motifs is 1. The van der Waals surface area contributed by atoms with Crippen molar-refractivity contribution >= 4 is 35.3 Å². The topological polar surface area (TPSA) is 96.3 Å². The lowest BCUT2D eigenvalue weighted by Gasteiger charge is -2.41. The highest BCUT2D eigenvalue weighted by molar-refractivity contribution is 8.01. The smallest absolute Gasteiger partial charge is 0.327 e. The van der Waals surface area contributed by atoms with Crippen LogP contribution in [0.3, 0.4) is 0 Å². The minimum absolute atomic E-state index is 0.0424. The maximum Gasteiger partial charge on any atom is 0.327 e. The first-order valence-electron chi connectivity index (χ1n) is 7.10. The summed E-state index contributed by atoms with van der Waals surface area (Å²) in [5.74, 6) is -1.67. The first-order chi connectivity index (χ1) is 10.2. The maximum absolute atomic E-state index is 12.2. The van der Waals surface area contributed by atoms with Crippen molar-refractivity contribution in [2.75, 3.05) is 6.61 Å². The molecule has 0 aromatic rings. The quantitative estimate of drug-likeness (QED) is 0.458. The SMILES string of the molecule is CCOC(=O)CC(C)=N[C@@H]1C(=O)N2[C@@H]1SC(C)(C)[C@@H]2C(=O)O. The molecular formula is C14H20N2O5S. The van der Waals surface area contributed by atoms with Gasteiger partial charge in [-0.05, 0) is 27.7 Å². The van der Waals surface area contributed by atoms with Crippen molar-refractivity contribution in [1.29, 1.82) is 0 Å². The largest absolute Gasteiger partial charge is 0.480 e. The van der Waals surface area contributed by atoms with Crippen LogP contribution in [0.25, 0.3) is 0 Å². The molecule has 0 saturated carbocycles. The Bertz CT molecular complexity index is 545. The van der Waals surface area contributed by atoms with Crippen LogP contribution in [0.2, 0.25) is 0 Å². The number of carboxylic acids is 1. The highest BCUT2D eigenvalue weighted by Gasteiger charge is 2.63. The first kappa shape index (κ1) is 16.8. The molecule has 0 unspecified atom stereocenters. The molecule has 0 aliphatic carbocycles. The molecule has 0 spiro atoms. The van der Waals surface area contributed by atoms with Crippen LogP contribution in [0.15, 0.2) is 4.99 Å². The second kappa shape index (κ2) is 5.91. The van der Waals surface area contributed by atoms with E-state index in [2.05, 4.69) is 4.99 Å². The molecule has 2 aliphatic heterocycles. The van der Waals surface area contributed by atoms with Gasteiger partial charge in [0.05, 0.1) is 13.0 Å². The Morgan fingerprint density at radius 2 is 2.09 bits per heavy atom. The molecular weight excluding hydrogens is 308 g/mol. The van der Waals surface area contributed by atoms with Gasteiger partial charge in [0.15, 0.2) is 6.04 Å². The number of hydrogen-bond donors (Lipinski definition) is 1. The third-order valence-corrected chi connectivity index (χ3v) is 5.27. The Morgan fingerprint density at radius 1 is 1.45 bits per heavy atom. The Labute approximate surface area is 133 Å². The molecule has 2 rings (SSSR count). The second-order valence-electron chi connectivity index (χ2n) is 5.89. The summed E-state index contributed by atoms with van der Waals surface area (Å²) in [5.41, 5.74) is 0.522. The van der Waals surface area contributed by atoms with Crippen LogP contribution in [-0.2, 0) is 19.1 Å². The van der Waals surface area contributed by atoms with Crippen LogP contribution >= 0.6 is 11.8 Å². The Balaban J connectivity index is 2.10. The number of rotatable bonds is 5. The summed E-state index contributed by atoms with van der Waals surface area (Å²) >= 11 is 1.44. The van der Waals surface area contributed by atoms with Crippen LogP contribution in [0.1, 0.15) is 34.1 Å². The molecule has 2 heterocycles. The molecule has 2 saturated heterocycles.